The number of ether oxygens (including phenoxy) is 2. The summed E-state index contributed by atoms with van der Waals surface area (Å²) in [5, 5.41) is 3.71. The Labute approximate surface area is 156 Å². The van der Waals surface area contributed by atoms with Crippen LogP contribution in [0.15, 0.2) is 27.9 Å². The quantitative estimate of drug-likeness (QED) is 0.771. The third-order valence-electron chi connectivity index (χ3n) is 3.44. The number of hydrogen-bond acceptors (Lipinski definition) is 7. The maximum Gasteiger partial charge on any atom is 0.360 e. The lowest BCUT2D eigenvalue weighted by Crippen LogP contribution is -2.40. The normalized spacial score (nSPS) is 11.5. The molecule has 0 bridgehead atoms. The Balaban J connectivity index is 2.42. The zero-order chi connectivity index (χ0) is 20.4. The molecule has 0 atom stereocenters. The van der Waals surface area contributed by atoms with E-state index >= 15 is 0 Å². The van der Waals surface area contributed by atoms with Crippen LogP contribution >= 0.6 is 0 Å². The Morgan fingerprint density at radius 2 is 2.00 bits per heavy atom. The van der Waals surface area contributed by atoms with Gasteiger partial charge in [0, 0.05) is 7.05 Å². The molecule has 0 aliphatic carbocycles. The fourth-order valence-corrected chi connectivity index (χ4v) is 3.62. The van der Waals surface area contributed by atoms with Gasteiger partial charge in [-0.05, 0) is 39.3 Å². The highest BCUT2D eigenvalue weighted by Crippen LogP contribution is 2.28. The summed E-state index contributed by atoms with van der Waals surface area (Å²) in [6.45, 7) is 6.98. The van der Waals surface area contributed by atoms with Crippen LogP contribution in [0.4, 0.5) is 4.79 Å². The van der Waals surface area contributed by atoms with E-state index in [1.165, 1.54) is 13.1 Å². The Morgan fingerprint density at radius 3 is 2.59 bits per heavy atom. The first kappa shape index (κ1) is 20.5. The van der Waals surface area contributed by atoms with Crippen molar-refractivity contribution in [2.45, 2.75) is 38.7 Å². The Morgan fingerprint density at radius 1 is 1.33 bits per heavy atom. The highest BCUT2D eigenvalue weighted by molar-refractivity contribution is 7.90. The molecule has 1 aromatic heterocycles. The van der Waals surface area contributed by atoms with Gasteiger partial charge in [0.05, 0.1) is 12.7 Å². The molecule has 11 heteroatoms. The van der Waals surface area contributed by atoms with Crippen molar-refractivity contribution >= 4 is 16.1 Å². The number of carbonyl (C=O) groups excluding carboxylic acids is 1. The molecule has 0 saturated carbocycles. The van der Waals surface area contributed by atoms with Gasteiger partial charge in [-0.2, -0.15) is 0 Å². The van der Waals surface area contributed by atoms with Gasteiger partial charge >= 0.3 is 17.7 Å². The molecule has 1 heterocycles. The van der Waals surface area contributed by atoms with E-state index in [2.05, 4.69) is 5.10 Å². The van der Waals surface area contributed by atoms with Crippen molar-refractivity contribution in [3.8, 4) is 11.8 Å². The third-order valence-corrected chi connectivity index (χ3v) is 4.94. The maximum absolute atomic E-state index is 12.8. The number of hydrogen-bond donors (Lipinski definition) is 1. The number of benzene rings is 1. The van der Waals surface area contributed by atoms with Crippen molar-refractivity contribution in [3.05, 3.63) is 34.2 Å². The summed E-state index contributed by atoms with van der Waals surface area (Å²) < 4.78 is 39.5. The minimum atomic E-state index is -4.32. The van der Waals surface area contributed by atoms with Crippen LogP contribution in [0.3, 0.4) is 0 Å². The Hall–Kier alpha value is -2.82. The number of carbonyl (C=O) groups is 1. The molecule has 0 spiro atoms. The lowest BCUT2D eigenvalue weighted by molar-refractivity contribution is 0.235. The minimum absolute atomic E-state index is 0.102. The van der Waals surface area contributed by atoms with Gasteiger partial charge in [-0.15, -0.1) is 9.78 Å². The SMILES string of the molecule is CCOc1nn(C(=O)NS(=O)(=O)c2c(C)cccc2OC(C)C)c(=O)n1C. The van der Waals surface area contributed by atoms with Gasteiger partial charge in [-0.1, -0.05) is 12.1 Å². The number of rotatable bonds is 6. The predicted molar refractivity (Wildman–Crippen MR) is 96.7 cm³/mol. The summed E-state index contributed by atoms with van der Waals surface area (Å²) in [5.74, 6) is 0.105. The molecule has 1 amide bonds. The van der Waals surface area contributed by atoms with Gasteiger partial charge in [-0.25, -0.2) is 27.3 Å². The number of amides is 1. The molecule has 0 aliphatic heterocycles. The molecule has 0 fully saturated rings. The summed E-state index contributed by atoms with van der Waals surface area (Å²) in [6.07, 6.45) is -0.274. The van der Waals surface area contributed by atoms with Crippen molar-refractivity contribution < 1.29 is 22.7 Å². The highest BCUT2D eigenvalue weighted by Gasteiger charge is 2.27. The molecule has 0 unspecified atom stereocenters. The minimum Gasteiger partial charge on any atom is -0.490 e. The lowest BCUT2D eigenvalue weighted by atomic mass is 10.2. The zero-order valence-corrected chi connectivity index (χ0v) is 16.5. The van der Waals surface area contributed by atoms with Crippen LogP contribution in [0.5, 0.6) is 11.8 Å². The average Bonchev–Trinajstić information content (AvgIpc) is 2.82. The van der Waals surface area contributed by atoms with E-state index in [4.69, 9.17) is 9.47 Å². The Bertz CT molecular complexity index is 1010. The fourth-order valence-electron chi connectivity index (χ4n) is 2.33. The molecule has 27 heavy (non-hydrogen) atoms. The summed E-state index contributed by atoms with van der Waals surface area (Å²) >= 11 is 0. The average molecular weight is 398 g/mol. The van der Waals surface area contributed by atoms with Crippen LogP contribution in [0.1, 0.15) is 26.3 Å². The summed E-state index contributed by atoms with van der Waals surface area (Å²) in [6, 6.07) is 3.39. The van der Waals surface area contributed by atoms with Crippen LogP contribution in [0, 0.1) is 6.92 Å². The van der Waals surface area contributed by atoms with Crippen LogP contribution in [-0.2, 0) is 17.1 Å². The van der Waals surface area contributed by atoms with E-state index in [1.807, 2.05) is 4.72 Å². The molecular formula is C16H22N4O6S. The molecule has 0 radical (unpaired) electrons. The van der Waals surface area contributed by atoms with E-state index < -0.39 is 21.7 Å². The van der Waals surface area contributed by atoms with E-state index in [0.717, 1.165) is 4.57 Å². The predicted octanol–water partition coefficient (Wildman–Crippen LogP) is 1.02. The number of aromatic nitrogens is 3. The smallest absolute Gasteiger partial charge is 0.360 e. The van der Waals surface area contributed by atoms with E-state index in [-0.39, 0.29) is 29.4 Å². The van der Waals surface area contributed by atoms with Gasteiger partial charge in [0.2, 0.25) is 0 Å². The van der Waals surface area contributed by atoms with Crippen LogP contribution in [0.25, 0.3) is 0 Å². The number of aryl methyl sites for hydroxylation is 1. The molecule has 2 aromatic rings. The molecule has 1 N–H and O–H groups in total. The summed E-state index contributed by atoms with van der Waals surface area (Å²) in [4.78, 5) is 24.3. The second kappa shape index (κ2) is 7.82. The monoisotopic (exact) mass is 398 g/mol. The topological polar surface area (TPSA) is 122 Å². The van der Waals surface area contributed by atoms with Crippen LogP contribution in [-0.4, -0.2) is 41.5 Å². The summed E-state index contributed by atoms with van der Waals surface area (Å²) in [7, 11) is -2.97. The molecule has 148 valence electrons. The van der Waals surface area contributed by atoms with Crippen molar-refractivity contribution in [2.75, 3.05) is 6.61 Å². The van der Waals surface area contributed by atoms with Gasteiger partial charge in [0.1, 0.15) is 10.6 Å². The standard InChI is InChI=1S/C16H22N4O6S/c1-6-25-15-17-20(16(22)19(15)5)14(21)18-27(23,24)13-11(4)8-7-9-12(13)26-10(2)3/h7-10H,6H2,1-5H3,(H,18,21). The number of sulfonamides is 1. The van der Waals surface area contributed by atoms with Gasteiger partial charge in [-0.3, -0.25) is 0 Å². The first-order valence-corrected chi connectivity index (χ1v) is 9.69. The van der Waals surface area contributed by atoms with E-state index in [1.54, 1.807) is 39.8 Å². The molecule has 2 rings (SSSR count). The van der Waals surface area contributed by atoms with Crippen molar-refractivity contribution in [3.63, 3.8) is 0 Å². The van der Waals surface area contributed by atoms with Crippen LogP contribution in [0.2, 0.25) is 0 Å². The number of nitrogens with zero attached hydrogens (tertiary/aromatic N) is 3. The number of nitrogens with one attached hydrogen (secondary N) is 1. The molecule has 0 saturated heterocycles. The fraction of sp³-hybridized carbons (Fsp3) is 0.438. The molecule has 0 aliphatic rings. The second-order valence-corrected chi connectivity index (χ2v) is 7.57. The molecule has 1 aromatic carbocycles. The van der Waals surface area contributed by atoms with Crippen LogP contribution < -0.4 is 19.9 Å². The third kappa shape index (κ3) is 4.30. The van der Waals surface area contributed by atoms with Crippen molar-refractivity contribution in [1.82, 2.24) is 19.1 Å². The van der Waals surface area contributed by atoms with E-state index in [9.17, 15) is 18.0 Å². The molecular weight excluding hydrogens is 376 g/mol. The van der Waals surface area contributed by atoms with E-state index in [0.29, 0.717) is 10.2 Å². The van der Waals surface area contributed by atoms with Gasteiger partial charge in [0.25, 0.3) is 10.0 Å². The second-order valence-electron chi connectivity index (χ2n) is 5.95. The Kier molecular flexibility index (Phi) is 5.94. The lowest BCUT2D eigenvalue weighted by Gasteiger charge is -2.16. The largest absolute Gasteiger partial charge is 0.490 e. The first-order valence-electron chi connectivity index (χ1n) is 8.20. The van der Waals surface area contributed by atoms with Crippen molar-refractivity contribution in [2.24, 2.45) is 7.05 Å². The van der Waals surface area contributed by atoms with Gasteiger partial charge < -0.3 is 9.47 Å². The highest BCUT2D eigenvalue weighted by atomic mass is 32.2. The summed E-state index contributed by atoms with van der Waals surface area (Å²) in [5.41, 5.74) is -0.452. The van der Waals surface area contributed by atoms with Crippen molar-refractivity contribution in [1.29, 1.82) is 0 Å². The maximum atomic E-state index is 12.8. The zero-order valence-electron chi connectivity index (χ0n) is 15.7. The molecule has 10 nitrogen and oxygen atoms in total. The first-order chi connectivity index (χ1) is 12.6. The van der Waals surface area contributed by atoms with Gasteiger partial charge in [0.15, 0.2) is 0 Å².